The number of hydrogen-bond donors (Lipinski definition) is 1. The normalized spacial score (nSPS) is 10.3. The van der Waals surface area contributed by atoms with Crippen LogP contribution in [0, 0.1) is 0 Å². The average Bonchev–Trinajstić information content (AvgIpc) is 3.09. The van der Waals surface area contributed by atoms with Crippen LogP contribution in [0.1, 0.15) is 5.76 Å². The highest BCUT2D eigenvalue weighted by Crippen LogP contribution is 2.18. The van der Waals surface area contributed by atoms with Crippen LogP contribution < -0.4 is 10.1 Å². The summed E-state index contributed by atoms with van der Waals surface area (Å²) in [6, 6.07) is 20.7. The van der Waals surface area contributed by atoms with Gasteiger partial charge in [-0.05, 0) is 12.1 Å². The molecule has 0 aliphatic carbocycles. The van der Waals surface area contributed by atoms with Gasteiger partial charge in [-0.3, -0.25) is 4.79 Å². The predicted molar refractivity (Wildman–Crippen MR) is 85.7 cm³/mol. The first-order valence-electron chi connectivity index (χ1n) is 7.27. The number of para-hydroxylation sites is 1. The Balaban J connectivity index is 1.49. The van der Waals surface area contributed by atoms with Gasteiger partial charge in [0.15, 0.2) is 12.4 Å². The molecule has 2 aromatic carbocycles. The molecule has 23 heavy (non-hydrogen) atoms. The molecule has 0 saturated carbocycles. The molecule has 0 fully saturated rings. The van der Waals surface area contributed by atoms with Crippen LogP contribution in [0.4, 0.5) is 0 Å². The molecule has 1 heterocycles. The first-order valence-corrected chi connectivity index (χ1v) is 7.27. The molecule has 1 aromatic heterocycles. The summed E-state index contributed by atoms with van der Waals surface area (Å²) in [4.78, 5) is 11.8. The van der Waals surface area contributed by atoms with E-state index in [1.807, 2.05) is 54.6 Å². The Morgan fingerprint density at radius 2 is 1.74 bits per heavy atom. The van der Waals surface area contributed by atoms with Gasteiger partial charge in [-0.2, -0.15) is 0 Å². The molecule has 0 unspecified atom stereocenters. The number of carbonyl (C=O) groups excluding carboxylic acids is 1. The van der Waals surface area contributed by atoms with Crippen molar-refractivity contribution in [3.8, 4) is 17.0 Å². The third-order valence-corrected chi connectivity index (χ3v) is 3.20. The Morgan fingerprint density at radius 1 is 1.04 bits per heavy atom. The number of benzene rings is 2. The van der Waals surface area contributed by atoms with Gasteiger partial charge in [0.1, 0.15) is 11.4 Å². The van der Waals surface area contributed by atoms with E-state index in [-0.39, 0.29) is 19.1 Å². The van der Waals surface area contributed by atoms with E-state index in [9.17, 15) is 4.79 Å². The number of nitrogens with zero attached hydrogens (tertiary/aromatic N) is 1. The second-order valence-electron chi connectivity index (χ2n) is 4.92. The average molecular weight is 308 g/mol. The zero-order valence-electron chi connectivity index (χ0n) is 12.4. The van der Waals surface area contributed by atoms with Crippen molar-refractivity contribution < 1.29 is 14.1 Å². The van der Waals surface area contributed by atoms with Crippen LogP contribution in [0.3, 0.4) is 0 Å². The first kappa shape index (κ1) is 14.8. The summed E-state index contributed by atoms with van der Waals surface area (Å²) >= 11 is 0. The van der Waals surface area contributed by atoms with Crippen molar-refractivity contribution in [2.24, 2.45) is 0 Å². The van der Waals surface area contributed by atoms with Crippen molar-refractivity contribution in [3.63, 3.8) is 0 Å². The van der Waals surface area contributed by atoms with E-state index in [1.54, 1.807) is 12.1 Å². The van der Waals surface area contributed by atoms with Crippen molar-refractivity contribution in [1.82, 2.24) is 10.5 Å². The summed E-state index contributed by atoms with van der Waals surface area (Å²) in [5.74, 6) is 1.04. The van der Waals surface area contributed by atoms with E-state index < -0.39 is 0 Å². The number of rotatable bonds is 6. The van der Waals surface area contributed by atoms with E-state index in [4.69, 9.17) is 9.26 Å². The Bertz CT molecular complexity index is 754. The fraction of sp³-hybridized carbons (Fsp3) is 0.111. The van der Waals surface area contributed by atoms with Crippen LogP contribution in [0.25, 0.3) is 11.3 Å². The maximum Gasteiger partial charge on any atom is 0.258 e. The van der Waals surface area contributed by atoms with Gasteiger partial charge in [-0.25, -0.2) is 0 Å². The Hall–Kier alpha value is -3.08. The summed E-state index contributed by atoms with van der Waals surface area (Å²) in [5, 5.41) is 6.74. The standard InChI is InChI=1S/C18H16N2O3/c21-18(13-22-15-9-5-2-6-10-15)19-12-16-11-17(20-23-16)14-7-3-1-4-8-14/h1-11H,12-13H2,(H,19,21). The monoisotopic (exact) mass is 308 g/mol. The molecule has 5 heteroatoms. The first-order chi connectivity index (χ1) is 11.3. The molecule has 0 aliphatic heterocycles. The van der Waals surface area contributed by atoms with Crippen molar-refractivity contribution in [3.05, 3.63) is 72.5 Å². The second-order valence-corrected chi connectivity index (χ2v) is 4.92. The lowest BCUT2D eigenvalue weighted by Crippen LogP contribution is -2.28. The minimum absolute atomic E-state index is 0.0380. The minimum atomic E-state index is -0.216. The molecule has 0 saturated heterocycles. The van der Waals surface area contributed by atoms with Crippen LogP contribution in [-0.2, 0) is 11.3 Å². The molecule has 0 atom stereocenters. The fourth-order valence-corrected chi connectivity index (χ4v) is 2.04. The zero-order chi connectivity index (χ0) is 15.9. The smallest absolute Gasteiger partial charge is 0.258 e. The van der Waals surface area contributed by atoms with E-state index in [2.05, 4.69) is 10.5 Å². The lowest BCUT2D eigenvalue weighted by molar-refractivity contribution is -0.123. The zero-order valence-corrected chi connectivity index (χ0v) is 12.4. The van der Waals surface area contributed by atoms with Crippen LogP contribution in [0.5, 0.6) is 5.75 Å². The molecule has 3 aromatic rings. The van der Waals surface area contributed by atoms with E-state index in [0.29, 0.717) is 11.5 Å². The summed E-state index contributed by atoms with van der Waals surface area (Å²) in [6.45, 7) is 0.237. The SMILES string of the molecule is O=C(COc1ccccc1)NCc1cc(-c2ccccc2)no1. The summed E-state index contributed by atoms with van der Waals surface area (Å²) in [7, 11) is 0. The molecule has 1 N–H and O–H groups in total. The number of hydrogen-bond acceptors (Lipinski definition) is 4. The van der Waals surface area contributed by atoms with Crippen molar-refractivity contribution in [2.45, 2.75) is 6.54 Å². The lowest BCUT2D eigenvalue weighted by atomic mass is 10.1. The van der Waals surface area contributed by atoms with Crippen molar-refractivity contribution >= 4 is 5.91 Å². The molecule has 3 rings (SSSR count). The van der Waals surface area contributed by atoms with E-state index in [1.165, 1.54) is 0 Å². The Labute approximate surface area is 133 Å². The van der Waals surface area contributed by atoms with Crippen LogP contribution >= 0.6 is 0 Å². The minimum Gasteiger partial charge on any atom is -0.484 e. The molecule has 0 aliphatic rings. The maximum atomic E-state index is 11.8. The highest BCUT2D eigenvalue weighted by Gasteiger charge is 2.08. The van der Waals surface area contributed by atoms with Gasteiger partial charge in [-0.15, -0.1) is 0 Å². The third-order valence-electron chi connectivity index (χ3n) is 3.20. The molecule has 116 valence electrons. The van der Waals surface area contributed by atoms with Gasteiger partial charge >= 0.3 is 0 Å². The predicted octanol–water partition coefficient (Wildman–Crippen LogP) is 3.04. The number of carbonyl (C=O) groups is 1. The molecular formula is C18H16N2O3. The van der Waals surface area contributed by atoms with Crippen molar-refractivity contribution in [2.75, 3.05) is 6.61 Å². The molecule has 0 radical (unpaired) electrons. The van der Waals surface area contributed by atoms with E-state index in [0.717, 1.165) is 11.3 Å². The van der Waals surface area contributed by atoms with Crippen molar-refractivity contribution in [1.29, 1.82) is 0 Å². The van der Waals surface area contributed by atoms with Crippen LogP contribution in [-0.4, -0.2) is 17.7 Å². The second kappa shape index (κ2) is 7.26. The highest BCUT2D eigenvalue weighted by atomic mass is 16.5. The van der Waals surface area contributed by atoms with E-state index >= 15 is 0 Å². The molecule has 0 bridgehead atoms. The Morgan fingerprint density at radius 3 is 2.48 bits per heavy atom. The lowest BCUT2D eigenvalue weighted by Gasteiger charge is -2.05. The van der Waals surface area contributed by atoms with Gasteiger partial charge in [0, 0.05) is 11.6 Å². The van der Waals surface area contributed by atoms with Gasteiger partial charge in [-0.1, -0.05) is 53.7 Å². The van der Waals surface area contributed by atoms with Gasteiger partial charge in [0.05, 0.1) is 6.54 Å². The molecule has 5 nitrogen and oxygen atoms in total. The number of ether oxygens (including phenoxy) is 1. The van der Waals surface area contributed by atoms with Gasteiger partial charge in [0.25, 0.3) is 5.91 Å². The number of aromatic nitrogens is 1. The quantitative estimate of drug-likeness (QED) is 0.760. The fourth-order valence-electron chi connectivity index (χ4n) is 2.04. The van der Waals surface area contributed by atoms with Crippen LogP contribution in [0.2, 0.25) is 0 Å². The molecular weight excluding hydrogens is 292 g/mol. The topological polar surface area (TPSA) is 64.4 Å². The Kier molecular flexibility index (Phi) is 4.69. The number of amides is 1. The largest absolute Gasteiger partial charge is 0.484 e. The highest BCUT2D eigenvalue weighted by molar-refractivity contribution is 5.77. The summed E-state index contributed by atoms with van der Waals surface area (Å²) < 4.78 is 10.6. The van der Waals surface area contributed by atoms with Gasteiger partial charge < -0.3 is 14.6 Å². The van der Waals surface area contributed by atoms with Crippen LogP contribution in [0.15, 0.2) is 71.3 Å². The maximum absolute atomic E-state index is 11.8. The summed E-state index contributed by atoms with van der Waals surface area (Å²) in [5.41, 5.74) is 1.72. The van der Waals surface area contributed by atoms with Gasteiger partial charge in [0.2, 0.25) is 0 Å². The molecule has 1 amide bonds. The number of nitrogens with one attached hydrogen (secondary N) is 1. The third kappa shape index (κ3) is 4.20. The molecule has 0 spiro atoms. The summed E-state index contributed by atoms with van der Waals surface area (Å²) in [6.07, 6.45) is 0.